The quantitative estimate of drug-likeness (QED) is 0.526. The van der Waals surface area contributed by atoms with E-state index in [-0.39, 0.29) is 11.2 Å². The molecule has 70 valence electrons. The van der Waals surface area contributed by atoms with Crippen LogP contribution in [0.25, 0.3) is 0 Å². The number of carbonyl (C=O) groups excluding carboxylic acids is 1. The highest BCUT2D eigenvalue weighted by Crippen LogP contribution is 2.29. The number of halogens is 2. The van der Waals surface area contributed by atoms with Gasteiger partial charge in [0.25, 0.3) is 0 Å². The number of hydrogen-bond acceptors (Lipinski definition) is 3. The SMILES string of the molecule is O=CNC(SI)c1ccc(F)cn1. The van der Waals surface area contributed by atoms with E-state index >= 15 is 0 Å². The third kappa shape index (κ3) is 3.11. The van der Waals surface area contributed by atoms with Crippen LogP contribution >= 0.6 is 30.1 Å². The van der Waals surface area contributed by atoms with Crippen molar-refractivity contribution >= 4 is 36.5 Å². The Kier molecular flexibility index (Phi) is 4.43. The fourth-order valence-electron chi connectivity index (χ4n) is 0.761. The molecule has 13 heavy (non-hydrogen) atoms. The van der Waals surface area contributed by atoms with Gasteiger partial charge >= 0.3 is 0 Å². The molecule has 0 aromatic carbocycles. The van der Waals surface area contributed by atoms with Crippen molar-refractivity contribution in [3.8, 4) is 0 Å². The molecule has 0 aliphatic carbocycles. The Balaban J connectivity index is 2.78. The number of nitrogens with zero attached hydrogens (tertiary/aromatic N) is 1. The fraction of sp³-hybridized carbons (Fsp3) is 0.143. The minimum atomic E-state index is -0.382. The van der Waals surface area contributed by atoms with E-state index in [9.17, 15) is 9.18 Å². The Bertz CT molecular complexity index is 282. The number of rotatable bonds is 4. The molecule has 0 saturated heterocycles. The molecule has 1 N–H and O–H groups in total. The lowest BCUT2D eigenvalue weighted by Crippen LogP contribution is -2.16. The maximum atomic E-state index is 12.5. The molecule has 0 aliphatic rings. The van der Waals surface area contributed by atoms with Crippen LogP contribution in [-0.2, 0) is 4.79 Å². The zero-order valence-corrected chi connectivity index (χ0v) is 9.38. The molecule has 1 amide bonds. The Morgan fingerprint density at radius 3 is 2.92 bits per heavy atom. The fourth-order valence-corrected chi connectivity index (χ4v) is 2.32. The van der Waals surface area contributed by atoms with E-state index in [2.05, 4.69) is 10.3 Å². The van der Waals surface area contributed by atoms with Crippen LogP contribution in [0.3, 0.4) is 0 Å². The predicted molar refractivity (Wildman–Crippen MR) is 57.7 cm³/mol. The second-order valence-corrected chi connectivity index (χ2v) is 4.33. The molecule has 1 heterocycles. The van der Waals surface area contributed by atoms with Crippen LogP contribution in [-0.4, -0.2) is 11.4 Å². The second kappa shape index (κ2) is 5.38. The molecule has 0 aliphatic heterocycles. The summed E-state index contributed by atoms with van der Waals surface area (Å²) in [4.78, 5) is 14.0. The van der Waals surface area contributed by atoms with Crippen LogP contribution < -0.4 is 5.32 Å². The van der Waals surface area contributed by atoms with Crippen molar-refractivity contribution in [2.24, 2.45) is 0 Å². The summed E-state index contributed by atoms with van der Waals surface area (Å²) >= 11 is 2.05. The molecule has 1 rings (SSSR count). The summed E-state index contributed by atoms with van der Waals surface area (Å²) in [6.45, 7) is 0. The lowest BCUT2D eigenvalue weighted by molar-refractivity contribution is -0.109. The van der Waals surface area contributed by atoms with Crippen LogP contribution in [0.1, 0.15) is 11.1 Å². The third-order valence-corrected chi connectivity index (χ3v) is 3.41. The van der Waals surface area contributed by atoms with Gasteiger partial charge in [-0.3, -0.25) is 9.78 Å². The molecule has 1 unspecified atom stereocenters. The van der Waals surface area contributed by atoms with Gasteiger partial charge in [-0.15, -0.1) is 0 Å². The van der Waals surface area contributed by atoms with Gasteiger partial charge in [-0.2, -0.15) is 0 Å². The van der Waals surface area contributed by atoms with E-state index in [1.165, 1.54) is 15.0 Å². The molecular weight excluding hydrogens is 306 g/mol. The second-order valence-electron chi connectivity index (χ2n) is 2.15. The maximum absolute atomic E-state index is 12.5. The number of hydrogen-bond donors (Lipinski definition) is 1. The van der Waals surface area contributed by atoms with E-state index in [0.717, 1.165) is 6.20 Å². The lowest BCUT2D eigenvalue weighted by atomic mass is 10.3. The van der Waals surface area contributed by atoms with Crippen molar-refractivity contribution in [1.82, 2.24) is 10.3 Å². The van der Waals surface area contributed by atoms with Gasteiger partial charge in [-0.1, -0.05) is 8.93 Å². The van der Waals surface area contributed by atoms with Crippen LogP contribution in [0.4, 0.5) is 4.39 Å². The molecule has 1 aromatic heterocycles. The van der Waals surface area contributed by atoms with Gasteiger partial charge in [0.1, 0.15) is 11.2 Å². The number of carbonyl (C=O) groups is 1. The summed E-state index contributed by atoms with van der Waals surface area (Å²) < 4.78 is 12.5. The predicted octanol–water partition coefficient (Wildman–Crippen LogP) is 2.05. The van der Waals surface area contributed by atoms with E-state index in [4.69, 9.17) is 0 Å². The highest BCUT2D eigenvalue weighted by molar-refractivity contribution is 14.2. The Hall–Kier alpha value is -0.370. The third-order valence-electron chi connectivity index (χ3n) is 1.33. The zero-order chi connectivity index (χ0) is 9.68. The van der Waals surface area contributed by atoms with Gasteiger partial charge in [0, 0.05) is 0 Å². The highest BCUT2D eigenvalue weighted by Gasteiger charge is 2.10. The largest absolute Gasteiger partial charge is 0.341 e. The van der Waals surface area contributed by atoms with Crippen LogP contribution in [0.5, 0.6) is 0 Å². The number of aromatic nitrogens is 1. The zero-order valence-electron chi connectivity index (χ0n) is 6.41. The van der Waals surface area contributed by atoms with Crippen molar-refractivity contribution in [3.05, 3.63) is 29.8 Å². The van der Waals surface area contributed by atoms with E-state index in [1.807, 2.05) is 21.2 Å². The Morgan fingerprint density at radius 2 is 2.46 bits per heavy atom. The molecule has 0 spiro atoms. The van der Waals surface area contributed by atoms with Gasteiger partial charge < -0.3 is 5.32 Å². The standard InChI is InChI=1S/C7H6FIN2OS/c8-5-1-2-6(10-3-5)7(13-9)11-4-12/h1-4,7H,(H,11,12). The van der Waals surface area contributed by atoms with Crippen LogP contribution in [0.2, 0.25) is 0 Å². The normalized spacial score (nSPS) is 12.2. The van der Waals surface area contributed by atoms with Crippen molar-refractivity contribution in [2.45, 2.75) is 5.37 Å². The smallest absolute Gasteiger partial charge is 0.208 e. The average molecular weight is 312 g/mol. The molecule has 1 atom stereocenters. The first-order valence-corrected chi connectivity index (χ1v) is 6.78. The van der Waals surface area contributed by atoms with E-state index < -0.39 is 0 Å². The summed E-state index contributed by atoms with van der Waals surface area (Å²) in [6, 6.07) is 2.86. The molecule has 0 radical (unpaired) electrons. The Labute approximate surface area is 91.1 Å². The minimum Gasteiger partial charge on any atom is -0.341 e. The molecule has 6 heteroatoms. The van der Waals surface area contributed by atoms with Crippen LogP contribution in [0, 0.1) is 5.82 Å². The minimum absolute atomic E-state index is 0.223. The highest BCUT2D eigenvalue weighted by atomic mass is 127. The van der Waals surface area contributed by atoms with E-state index in [1.54, 1.807) is 6.07 Å². The summed E-state index contributed by atoms with van der Waals surface area (Å²) in [5.41, 5.74) is 0.632. The molecule has 3 nitrogen and oxygen atoms in total. The number of pyridine rings is 1. The summed E-state index contributed by atoms with van der Waals surface area (Å²) in [5, 5.41) is 2.33. The van der Waals surface area contributed by atoms with E-state index in [0.29, 0.717) is 12.1 Å². The molecule has 0 bridgehead atoms. The first-order valence-electron chi connectivity index (χ1n) is 3.36. The lowest BCUT2D eigenvalue weighted by Gasteiger charge is -2.10. The monoisotopic (exact) mass is 312 g/mol. The topological polar surface area (TPSA) is 42.0 Å². The van der Waals surface area contributed by atoms with Gasteiger partial charge in [0.05, 0.1) is 11.9 Å². The number of nitrogens with one attached hydrogen (secondary N) is 1. The maximum Gasteiger partial charge on any atom is 0.208 e. The summed E-state index contributed by atoms with van der Waals surface area (Å²) in [7, 11) is 1.40. The summed E-state index contributed by atoms with van der Waals surface area (Å²) in [5.74, 6) is -0.382. The Morgan fingerprint density at radius 1 is 1.69 bits per heavy atom. The van der Waals surface area contributed by atoms with Gasteiger partial charge in [-0.25, -0.2) is 4.39 Å². The summed E-state index contributed by atoms with van der Waals surface area (Å²) in [6.07, 6.45) is 1.73. The van der Waals surface area contributed by atoms with Crippen molar-refractivity contribution in [3.63, 3.8) is 0 Å². The first-order chi connectivity index (χ1) is 6.27. The molecular formula is C7H6FIN2OS. The molecule has 1 aromatic rings. The first kappa shape index (κ1) is 10.7. The van der Waals surface area contributed by atoms with Crippen molar-refractivity contribution in [1.29, 1.82) is 0 Å². The number of amides is 1. The average Bonchev–Trinajstić information content (AvgIpc) is 2.16. The van der Waals surface area contributed by atoms with Gasteiger partial charge in [0.15, 0.2) is 0 Å². The van der Waals surface area contributed by atoms with Crippen LogP contribution in [0.15, 0.2) is 18.3 Å². The molecule has 0 saturated carbocycles. The van der Waals surface area contributed by atoms with Gasteiger partial charge in [-0.05, 0) is 33.3 Å². The van der Waals surface area contributed by atoms with Crippen molar-refractivity contribution in [2.75, 3.05) is 0 Å². The van der Waals surface area contributed by atoms with Crippen molar-refractivity contribution < 1.29 is 9.18 Å². The molecule has 0 fully saturated rings. The van der Waals surface area contributed by atoms with Gasteiger partial charge in [0.2, 0.25) is 6.41 Å².